The maximum Gasteiger partial charge on any atom is 0.234 e. The van der Waals surface area contributed by atoms with Crippen molar-refractivity contribution in [1.29, 1.82) is 0 Å². The minimum Gasteiger partial charge on any atom is -0.353 e. The van der Waals surface area contributed by atoms with Crippen LogP contribution in [0.5, 0.6) is 0 Å². The second kappa shape index (κ2) is 11.9. The van der Waals surface area contributed by atoms with Gasteiger partial charge in [-0.2, -0.15) is 11.3 Å². The van der Waals surface area contributed by atoms with Crippen LogP contribution in [0.1, 0.15) is 32.4 Å². The van der Waals surface area contributed by atoms with Crippen LogP contribution in [0.3, 0.4) is 0 Å². The Balaban J connectivity index is 1.81. The van der Waals surface area contributed by atoms with Gasteiger partial charge in [-0.15, -0.1) is 11.8 Å². The fourth-order valence-corrected chi connectivity index (χ4v) is 4.35. The third kappa shape index (κ3) is 7.45. The monoisotopic (exact) mass is 437 g/mol. The smallest absolute Gasteiger partial charge is 0.234 e. The standard InChI is InChI=1S/C21H28FN3O2S2/c1-4-25(5-2)19(16-10-11-28-13-16)12-23-21(27)15(3)29-14-20(26)24-18-8-6-17(22)7-9-18/h6-11,13,15,19H,4-5,12,14H2,1-3H3,(H,23,27)(H,24,26). The number of hydrogen-bond acceptors (Lipinski definition) is 5. The highest BCUT2D eigenvalue weighted by Crippen LogP contribution is 2.22. The van der Waals surface area contributed by atoms with Crippen LogP contribution >= 0.6 is 23.1 Å². The molecular weight excluding hydrogens is 409 g/mol. The second-order valence-corrected chi connectivity index (χ2v) is 8.66. The average molecular weight is 438 g/mol. The zero-order valence-corrected chi connectivity index (χ0v) is 18.6. The molecule has 2 aromatic rings. The van der Waals surface area contributed by atoms with Gasteiger partial charge in [-0.05, 0) is 66.7 Å². The Morgan fingerprint density at radius 1 is 1.17 bits per heavy atom. The van der Waals surface area contributed by atoms with Crippen molar-refractivity contribution in [1.82, 2.24) is 10.2 Å². The molecule has 0 aliphatic rings. The van der Waals surface area contributed by atoms with Crippen molar-refractivity contribution >= 4 is 40.6 Å². The molecule has 0 radical (unpaired) electrons. The van der Waals surface area contributed by atoms with Gasteiger partial charge < -0.3 is 10.6 Å². The van der Waals surface area contributed by atoms with E-state index in [-0.39, 0.29) is 34.7 Å². The van der Waals surface area contributed by atoms with Crippen molar-refractivity contribution in [3.63, 3.8) is 0 Å². The first-order chi connectivity index (χ1) is 13.9. The zero-order valence-electron chi connectivity index (χ0n) is 17.0. The van der Waals surface area contributed by atoms with Gasteiger partial charge in [0, 0.05) is 12.2 Å². The number of thioether (sulfide) groups is 1. The number of nitrogens with one attached hydrogen (secondary N) is 2. The lowest BCUT2D eigenvalue weighted by Gasteiger charge is -2.29. The molecule has 5 nitrogen and oxygen atoms in total. The fourth-order valence-electron chi connectivity index (χ4n) is 2.93. The zero-order chi connectivity index (χ0) is 21.2. The Morgan fingerprint density at radius 2 is 1.86 bits per heavy atom. The average Bonchev–Trinajstić information content (AvgIpc) is 3.25. The van der Waals surface area contributed by atoms with Crippen LogP contribution in [0, 0.1) is 5.82 Å². The predicted octanol–water partition coefficient (Wildman–Crippen LogP) is 4.15. The molecule has 0 saturated carbocycles. The Morgan fingerprint density at radius 3 is 2.45 bits per heavy atom. The molecule has 0 fully saturated rings. The van der Waals surface area contributed by atoms with E-state index in [0.717, 1.165) is 13.1 Å². The minimum atomic E-state index is -0.354. The number of benzene rings is 1. The summed E-state index contributed by atoms with van der Waals surface area (Å²) in [7, 11) is 0. The summed E-state index contributed by atoms with van der Waals surface area (Å²) in [4.78, 5) is 26.9. The van der Waals surface area contributed by atoms with E-state index in [1.165, 1.54) is 41.6 Å². The van der Waals surface area contributed by atoms with Crippen molar-refractivity contribution in [3.8, 4) is 0 Å². The number of rotatable bonds is 11. The first kappa shape index (κ1) is 23.4. The van der Waals surface area contributed by atoms with Crippen LogP contribution in [0.2, 0.25) is 0 Å². The van der Waals surface area contributed by atoms with Gasteiger partial charge in [0.05, 0.1) is 17.0 Å². The number of nitrogens with zero attached hydrogens (tertiary/aromatic N) is 1. The second-order valence-electron chi connectivity index (χ2n) is 6.55. The maximum atomic E-state index is 12.9. The largest absolute Gasteiger partial charge is 0.353 e. The number of halogens is 1. The highest BCUT2D eigenvalue weighted by molar-refractivity contribution is 8.01. The lowest BCUT2D eigenvalue weighted by molar-refractivity contribution is -0.120. The first-order valence-corrected chi connectivity index (χ1v) is 11.6. The third-order valence-corrected chi connectivity index (χ3v) is 6.46. The van der Waals surface area contributed by atoms with Crippen molar-refractivity contribution < 1.29 is 14.0 Å². The Hall–Kier alpha value is -1.90. The molecule has 0 saturated heterocycles. The van der Waals surface area contributed by atoms with Crippen LogP contribution in [0.25, 0.3) is 0 Å². The van der Waals surface area contributed by atoms with Crippen molar-refractivity contribution in [2.75, 3.05) is 30.7 Å². The quantitative estimate of drug-likeness (QED) is 0.555. The first-order valence-electron chi connectivity index (χ1n) is 9.65. The molecule has 0 aliphatic carbocycles. The number of anilines is 1. The Bertz CT molecular complexity index is 765. The summed E-state index contributed by atoms with van der Waals surface area (Å²) in [6, 6.07) is 7.83. The molecule has 1 aromatic heterocycles. The van der Waals surface area contributed by atoms with E-state index in [4.69, 9.17) is 0 Å². The molecule has 2 amide bonds. The summed E-state index contributed by atoms with van der Waals surface area (Å²) in [5, 5.41) is 9.54. The number of likely N-dealkylation sites (N-methyl/N-ethyl adjacent to an activating group) is 1. The van der Waals surface area contributed by atoms with Gasteiger partial charge in [0.2, 0.25) is 11.8 Å². The highest BCUT2D eigenvalue weighted by atomic mass is 32.2. The molecule has 8 heteroatoms. The van der Waals surface area contributed by atoms with Gasteiger partial charge in [0.1, 0.15) is 5.82 Å². The third-order valence-electron chi connectivity index (χ3n) is 4.61. The number of amides is 2. The lowest BCUT2D eigenvalue weighted by Crippen LogP contribution is -2.40. The van der Waals surface area contributed by atoms with Crippen LogP contribution in [-0.4, -0.2) is 47.4 Å². The molecule has 1 aromatic carbocycles. The highest BCUT2D eigenvalue weighted by Gasteiger charge is 2.21. The summed E-state index contributed by atoms with van der Waals surface area (Å²) in [6.45, 7) is 8.36. The maximum absolute atomic E-state index is 12.9. The lowest BCUT2D eigenvalue weighted by atomic mass is 10.1. The van der Waals surface area contributed by atoms with Crippen LogP contribution in [0.4, 0.5) is 10.1 Å². The number of thiophene rings is 1. The normalized spacial score (nSPS) is 13.1. The summed E-state index contributed by atoms with van der Waals surface area (Å²) in [5.74, 6) is -0.513. The summed E-state index contributed by atoms with van der Waals surface area (Å²) in [5.41, 5.74) is 1.74. The van der Waals surface area contributed by atoms with Gasteiger partial charge in [-0.3, -0.25) is 14.5 Å². The molecule has 0 spiro atoms. The van der Waals surface area contributed by atoms with Crippen LogP contribution in [-0.2, 0) is 9.59 Å². The van der Waals surface area contributed by atoms with Gasteiger partial charge >= 0.3 is 0 Å². The van der Waals surface area contributed by atoms with E-state index in [0.29, 0.717) is 12.2 Å². The number of carbonyl (C=O) groups excluding carboxylic acids is 2. The van der Waals surface area contributed by atoms with Crippen LogP contribution in [0.15, 0.2) is 41.1 Å². The fraction of sp³-hybridized carbons (Fsp3) is 0.429. The number of hydrogen-bond donors (Lipinski definition) is 2. The minimum absolute atomic E-state index is 0.0861. The van der Waals surface area contributed by atoms with E-state index in [1.807, 2.05) is 5.38 Å². The van der Waals surface area contributed by atoms with E-state index in [2.05, 4.69) is 40.8 Å². The van der Waals surface area contributed by atoms with Crippen molar-refractivity contribution in [2.24, 2.45) is 0 Å². The van der Waals surface area contributed by atoms with E-state index in [9.17, 15) is 14.0 Å². The van der Waals surface area contributed by atoms with Gasteiger partial charge in [-0.25, -0.2) is 4.39 Å². The summed E-state index contributed by atoms with van der Waals surface area (Å²) in [6.07, 6.45) is 0. The summed E-state index contributed by atoms with van der Waals surface area (Å²) >= 11 is 2.93. The van der Waals surface area contributed by atoms with E-state index >= 15 is 0 Å². The SMILES string of the molecule is CCN(CC)C(CNC(=O)C(C)SCC(=O)Nc1ccc(F)cc1)c1ccsc1. The molecule has 0 bridgehead atoms. The molecule has 29 heavy (non-hydrogen) atoms. The topological polar surface area (TPSA) is 61.4 Å². The molecule has 2 atom stereocenters. The molecule has 2 unspecified atom stereocenters. The van der Waals surface area contributed by atoms with Crippen molar-refractivity contribution in [3.05, 3.63) is 52.5 Å². The Labute approximate surface area is 180 Å². The van der Waals surface area contributed by atoms with E-state index < -0.39 is 0 Å². The molecule has 0 aliphatic heterocycles. The van der Waals surface area contributed by atoms with Gasteiger partial charge in [0.15, 0.2) is 0 Å². The van der Waals surface area contributed by atoms with Crippen molar-refractivity contribution in [2.45, 2.75) is 32.1 Å². The Kier molecular flexibility index (Phi) is 9.63. The van der Waals surface area contributed by atoms with Gasteiger partial charge in [-0.1, -0.05) is 13.8 Å². The molecular formula is C21H28FN3O2S2. The van der Waals surface area contributed by atoms with E-state index in [1.54, 1.807) is 18.3 Å². The predicted molar refractivity (Wildman–Crippen MR) is 120 cm³/mol. The van der Waals surface area contributed by atoms with Gasteiger partial charge in [0.25, 0.3) is 0 Å². The molecule has 2 rings (SSSR count). The molecule has 1 heterocycles. The number of carbonyl (C=O) groups is 2. The summed E-state index contributed by atoms with van der Waals surface area (Å²) < 4.78 is 12.9. The van der Waals surface area contributed by atoms with Crippen LogP contribution < -0.4 is 10.6 Å². The molecule has 2 N–H and O–H groups in total. The molecule has 158 valence electrons.